The number of nitrogens with zero attached hydrogens (tertiary/aromatic N) is 2. The lowest BCUT2D eigenvalue weighted by molar-refractivity contribution is 0.0963. The number of carbonyl (C=O) groups is 1. The molecular formula is C13H17ClN2O2. The van der Waals surface area contributed by atoms with Crippen molar-refractivity contribution >= 4 is 17.7 Å². The number of pyridine rings is 1. The van der Waals surface area contributed by atoms with Crippen molar-refractivity contribution in [1.29, 1.82) is 0 Å². The van der Waals surface area contributed by atoms with Gasteiger partial charge in [0.05, 0.1) is 13.2 Å². The minimum absolute atomic E-state index is 0.232. The van der Waals surface area contributed by atoms with Crippen LogP contribution >= 0.6 is 11.6 Å². The first kappa shape index (κ1) is 13.1. The molecule has 2 rings (SSSR count). The second-order valence-electron chi connectivity index (χ2n) is 4.38. The molecule has 0 unspecified atom stereocenters. The summed E-state index contributed by atoms with van der Waals surface area (Å²) in [7, 11) is 0. The predicted octanol–water partition coefficient (Wildman–Crippen LogP) is 3.03. The van der Waals surface area contributed by atoms with Gasteiger partial charge in [0, 0.05) is 18.7 Å². The SMILES string of the molecule is CCCCOC(=O)N1CCc2nc(Cl)ccc2C1. The fourth-order valence-corrected chi connectivity index (χ4v) is 2.11. The molecule has 0 radical (unpaired) electrons. The predicted molar refractivity (Wildman–Crippen MR) is 69.6 cm³/mol. The van der Waals surface area contributed by atoms with Gasteiger partial charge in [-0.2, -0.15) is 0 Å². The Morgan fingerprint density at radius 2 is 2.39 bits per heavy atom. The molecule has 0 fully saturated rings. The lowest BCUT2D eigenvalue weighted by atomic mass is 10.1. The molecule has 1 aliphatic heterocycles. The summed E-state index contributed by atoms with van der Waals surface area (Å²) in [5.41, 5.74) is 2.04. The molecular weight excluding hydrogens is 252 g/mol. The first-order chi connectivity index (χ1) is 8.70. The second kappa shape index (κ2) is 6.05. The van der Waals surface area contributed by atoms with Crippen molar-refractivity contribution < 1.29 is 9.53 Å². The molecule has 1 aliphatic rings. The van der Waals surface area contributed by atoms with Gasteiger partial charge in [0.1, 0.15) is 5.15 Å². The van der Waals surface area contributed by atoms with Crippen LogP contribution in [0.15, 0.2) is 12.1 Å². The molecule has 0 N–H and O–H groups in total. The Morgan fingerprint density at radius 3 is 3.17 bits per heavy atom. The molecule has 0 bridgehead atoms. The molecule has 98 valence electrons. The molecule has 1 aromatic heterocycles. The van der Waals surface area contributed by atoms with Crippen LogP contribution < -0.4 is 0 Å². The smallest absolute Gasteiger partial charge is 0.410 e. The van der Waals surface area contributed by atoms with Gasteiger partial charge < -0.3 is 9.64 Å². The third kappa shape index (κ3) is 3.13. The highest BCUT2D eigenvalue weighted by molar-refractivity contribution is 6.29. The normalized spacial score (nSPS) is 14.2. The van der Waals surface area contributed by atoms with Gasteiger partial charge in [0.25, 0.3) is 0 Å². The quantitative estimate of drug-likeness (QED) is 0.625. The van der Waals surface area contributed by atoms with E-state index in [1.165, 1.54) is 0 Å². The number of carbonyl (C=O) groups excluding carboxylic acids is 1. The number of amides is 1. The van der Waals surface area contributed by atoms with Gasteiger partial charge in [-0.15, -0.1) is 0 Å². The zero-order valence-corrected chi connectivity index (χ0v) is 11.2. The fourth-order valence-electron chi connectivity index (χ4n) is 1.94. The van der Waals surface area contributed by atoms with E-state index in [0.717, 1.165) is 30.5 Å². The lowest BCUT2D eigenvalue weighted by Crippen LogP contribution is -2.36. The van der Waals surface area contributed by atoms with Crippen molar-refractivity contribution in [2.45, 2.75) is 32.7 Å². The van der Waals surface area contributed by atoms with E-state index < -0.39 is 0 Å². The Balaban J connectivity index is 1.95. The minimum Gasteiger partial charge on any atom is -0.449 e. The van der Waals surface area contributed by atoms with Crippen LogP contribution in [-0.2, 0) is 17.7 Å². The van der Waals surface area contributed by atoms with Crippen LogP contribution in [0.5, 0.6) is 0 Å². The summed E-state index contributed by atoms with van der Waals surface area (Å²) in [6, 6.07) is 3.68. The molecule has 0 aliphatic carbocycles. The highest BCUT2D eigenvalue weighted by Gasteiger charge is 2.22. The van der Waals surface area contributed by atoms with Gasteiger partial charge in [-0.25, -0.2) is 9.78 Å². The van der Waals surface area contributed by atoms with E-state index in [-0.39, 0.29) is 6.09 Å². The molecule has 0 aromatic carbocycles. The first-order valence-electron chi connectivity index (χ1n) is 6.26. The molecule has 0 atom stereocenters. The van der Waals surface area contributed by atoms with Crippen molar-refractivity contribution in [2.24, 2.45) is 0 Å². The van der Waals surface area contributed by atoms with Gasteiger partial charge in [-0.05, 0) is 18.1 Å². The summed E-state index contributed by atoms with van der Waals surface area (Å²) in [4.78, 5) is 17.8. The van der Waals surface area contributed by atoms with E-state index in [9.17, 15) is 4.79 Å². The van der Waals surface area contributed by atoms with Crippen molar-refractivity contribution in [3.05, 3.63) is 28.5 Å². The van der Waals surface area contributed by atoms with Gasteiger partial charge in [0.2, 0.25) is 0 Å². The van der Waals surface area contributed by atoms with Crippen LogP contribution in [0.1, 0.15) is 31.0 Å². The summed E-state index contributed by atoms with van der Waals surface area (Å²) in [5, 5.41) is 0.507. The highest BCUT2D eigenvalue weighted by Crippen LogP contribution is 2.19. The molecule has 0 saturated heterocycles. The van der Waals surface area contributed by atoms with E-state index >= 15 is 0 Å². The standard InChI is InChI=1S/C13H17ClN2O2/c1-2-3-8-18-13(17)16-7-6-11-10(9-16)4-5-12(14)15-11/h4-5H,2-3,6-9H2,1H3. The Morgan fingerprint density at radius 1 is 1.56 bits per heavy atom. The van der Waals surface area contributed by atoms with Crippen LogP contribution in [0.2, 0.25) is 5.15 Å². The lowest BCUT2D eigenvalue weighted by Gasteiger charge is -2.27. The van der Waals surface area contributed by atoms with Crippen LogP contribution in [0.25, 0.3) is 0 Å². The fraction of sp³-hybridized carbons (Fsp3) is 0.538. The number of hydrogen-bond donors (Lipinski definition) is 0. The van der Waals surface area contributed by atoms with Gasteiger partial charge in [-0.3, -0.25) is 0 Å². The molecule has 5 heteroatoms. The van der Waals surface area contributed by atoms with Crippen molar-refractivity contribution in [1.82, 2.24) is 9.88 Å². The molecule has 18 heavy (non-hydrogen) atoms. The summed E-state index contributed by atoms with van der Waals surface area (Å²) in [6.07, 6.45) is 2.44. The molecule has 2 heterocycles. The molecule has 1 aromatic rings. The number of unbranched alkanes of at least 4 members (excludes halogenated alkanes) is 1. The number of halogens is 1. The van der Waals surface area contributed by atoms with Gasteiger partial charge >= 0.3 is 6.09 Å². The average Bonchev–Trinajstić information content (AvgIpc) is 2.38. The summed E-state index contributed by atoms with van der Waals surface area (Å²) in [6.45, 7) is 3.77. The zero-order chi connectivity index (χ0) is 13.0. The maximum absolute atomic E-state index is 11.8. The number of fused-ring (bicyclic) bond motifs is 1. The number of ether oxygens (including phenoxy) is 1. The Hall–Kier alpha value is -1.29. The van der Waals surface area contributed by atoms with Crippen molar-refractivity contribution in [2.75, 3.05) is 13.2 Å². The van der Waals surface area contributed by atoms with Gasteiger partial charge in [0.15, 0.2) is 0 Å². The van der Waals surface area contributed by atoms with E-state index in [4.69, 9.17) is 16.3 Å². The maximum atomic E-state index is 11.8. The highest BCUT2D eigenvalue weighted by atomic mass is 35.5. The third-order valence-corrected chi connectivity index (χ3v) is 3.21. The van der Waals surface area contributed by atoms with Crippen molar-refractivity contribution in [3.8, 4) is 0 Å². The van der Waals surface area contributed by atoms with E-state index in [2.05, 4.69) is 11.9 Å². The van der Waals surface area contributed by atoms with Crippen LogP contribution in [0, 0.1) is 0 Å². The Bertz CT molecular complexity index is 437. The number of rotatable bonds is 3. The number of hydrogen-bond acceptors (Lipinski definition) is 3. The minimum atomic E-state index is -0.232. The Kier molecular flexibility index (Phi) is 4.42. The third-order valence-electron chi connectivity index (χ3n) is 3.00. The van der Waals surface area contributed by atoms with Crippen LogP contribution in [0.3, 0.4) is 0 Å². The number of aromatic nitrogens is 1. The zero-order valence-electron chi connectivity index (χ0n) is 10.5. The maximum Gasteiger partial charge on any atom is 0.410 e. The second-order valence-corrected chi connectivity index (χ2v) is 4.77. The molecule has 0 spiro atoms. The monoisotopic (exact) mass is 268 g/mol. The Labute approximate surface area is 112 Å². The van der Waals surface area contributed by atoms with Crippen LogP contribution in [0.4, 0.5) is 4.79 Å². The summed E-state index contributed by atoms with van der Waals surface area (Å²) < 4.78 is 5.20. The summed E-state index contributed by atoms with van der Waals surface area (Å²) >= 11 is 5.84. The topological polar surface area (TPSA) is 42.4 Å². The summed E-state index contributed by atoms with van der Waals surface area (Å²) in [5.74, 6) is 0. The molecule has 0 saturated carbocycles. The first-order valence-corrected chi connectivity index (χ1v) is 6.64. The largest absolute Gasteiger partial charge is 0.449 e. The van der Waals surface area contributed by atoms with E-state index in [1.807, 2.05) is 6.07 Å². The van der Waals surface area contributed by atoms with Crippen LogP contribution in [-0.4, -0.2) is 29.1 Å². The molecule has 4 nitrogen and oxygen atoms in total. The molecule has 1 amide bonds. The van der Waals surface area contributed by atoms with E-state index in [1.54, 1.807) is 11.0 Å². The van der Waals surface area contributed by atoms with Gasteiger partial charge in [-0.1, -0.05) is 31.0 Å². The van der Waals surface area contributed by atoms with E-state index in [0.29, 0.717) is 24.8 Å². The van der Waals surface area contributed by atoms with Crippen molar-refractivity contribution in [3.63, 3.8) is 0 Å². The average molecular weight is 269 g/mol.